The van der Waals surface area contributed by atoms with Gasteiger partial charge in [-0.1, -0.05) is 22.0 Å². The highest BCUT2D eigenvalue weighted by atomic mass is 79.9. The Balaban J connectivity index is 3.08. The molecule has 0 saturated heterocycles. The van der Waals surface area contributed by atoms with Gasteiger partial charge < -0.3 is 10.1 Å². The van der Waals surface area contributed by atoms with Gasteiger partial charge in [-0.05, 0) is 13.0 Å². The van der Waals surface area contributed by atoms with Gasteiger partial charge in [0.25, 0.3) is 5.91 Å². The smallest absolute Gasteiger partial charge is 0.312 e. The van der Waals surface area contributed by atoms with Crippen molar-refractivity contribution in [2.45, 2.75) is 6.92 Å². The molecule has 1 aromatic carbocycles. The van der Waals surface area contributed by atoms with E-state index in [4.69, 9.17) is 4.74 Å². The molecule has 0 bridgehead atoms. The third kappa shape index (κ3) is 4.67. The summed E-state index contributed by atoms with van der Waals surface area (Å²) in [7, 11) is 0. The minimum Gasteiger partial charge on any atom is -0.476 e. The fourth-order valence-corrected chi connectivity index (χ4v) is 1.95. The summed E-state index contributed by atoms with van der Waals surface area (Å²) in [6, 6.07) is 2.62. The lowest BCUT2D eigenvalue weighted by Gasteiger charge is -2.10. The molecule has 0 saturated carbocycles. The highest BCUT2D eigenvalue weighted by molar-refractivity contribution is 9.10. The second-order valence-corrected chi connectivity index (χ2v) is 4.91. The summed E-state index contributed by atoms with van der Waals surface area (Å²) >= 11 is 3.10. The Morgan fingerprint density at radius 1 is 1.52 bits per heavy atom. The van der Waals surface area contributed by atoms with Crippen LogP contribution in [0.25, 0.3) is 0 Å². The van der Waals surface area contributed by atoms with Gasteiger partial charge in [-0.3, -0.25) is 19.7 Å². The fourth-order valence-electron chi connectivity index (χ4n) is 1.50. The Bertz CT molecular complexity index is 565. The SMILES string of the molecule is C=CCNC(=O)COc1c(C(C)=O)cc(Br)cc1[N+](=O)[O-]. The molecule has 7 nitrogen and oxygen atoms in total. The van der Waals surface area contributed by atoms with Crippen molar-refractivity contribution < 1.29 is 19.2 Å². The van der Waals surface area contributed by atoms with Crippen molar-refractivity contribution in [3.05, 3.63) is 44.9 Å². The van der Waals surface area contributed by atoms with Crippen LogP contribution in [0.4, 0.5) is 5.69 Å². The van der Waals surface area contributed by atoms with E-state index in [1.165, 1.54) is 25.1 Å². The number of nitrogens with zero attached hydrogens (tertiary/aromatic N) is 1. The molecule has 0 spiro atoms. The number of Topliss-reactive ketones (excluding diaryl/α,β-unsaturated/α-hetero) is 1. The summed E-state index contributed by atoms with van der Waals surface area (Å²) in [6.07, 6.45) is 1.49. The van der Waals surface area contributed by atoms with Crippen molar-refractivity contribution in [1.82, 2.24) is 5.32 Å². The Hall–Kier alpha value is -2.22. The van der Waals surface area contributed by atoms with Gasteiger partial charge in [0.1, 0.15) is 0 Å². The van der Waals surface area contributed by atoms with E-state index in [1.807, 2.05) is 0 Å². The van der Waals surface area contributed by atoms with E-state index in [9.17, 15) is 19.7 Å². The third-order valence-electron chi connectivity index (χ3n) is 2.40. The van der Waals surface area contributed by atoms with E-state index in [-0.39, 0.29) is 23.5 Å². The fraction of sp³-hybridized carbons (Fsp3) is 0.231. The van der Waals surface area contributed by atoms with Crippen molar-refractivity contribution >= 4 is 33.3 Å². The number of hydrogen-bond donors (Lipinski definition) is 1. The molecule has 0 aliphatic rings. The summed E-state index contributed by atoms with van der Waals surface area (Å²) in [5, 5.41) is 13.5. The van der Waals surface area contributed by atoms with Crippen LogP contribution in [0.1, 0.15) is 17.3 Å². The number of nitro benzene ring substituents is 1. The molecule has 112 valence electrons. The molecule has 0 atom stereocenters. The predicted octanol–water partition coefficient (Wildman–Crippen LogP) is 2.24. The van der Waals surface area contributed by atoms with Crippen molar-refractivity contribution in [3.8, 4) is 5.75 Å². The van der Waals surface area contributed by atoms with Crippen LogP contribution in [0.2, 0.25) is 0 Å². The first-order chi connectivity index (χ1) is 9.86. The van der Waals surface area contributed by atoms with Gasteiger partial charge in [0.15, 0.2) is 12.4 Å². The van der Waals surface area contributed by atoms with Crippen LogP contribution in [0, 0.1) is 10.1 Å². The second kappa shape index (κ2) is 7.53. The van der Waals surface area contributed by atoms with Crippen molar-refractivity contribution in [2.75, 3.05) is 13.2 Å². The predicted molar refractivity (Wildman–Crippen MR) is 79.5 cm³/mol. The zero-order valence-electron chi connectivity index (χ0n) is 11.2. The Morgan fingerprint density at radius 3 is 2.71 bits per heavy atom. The molecule has 0 unspecified atom stereocenters. The second-order valence-electron chi connectivity index (χ2n) is 4.00. The number of carbonyl (C=O) groups excluding carboxylic acids is 2. The lowest BCUT2D eigenvalue weighted by molar-refractivity contribution is -0.385. The topological polar surface area (TPSA) is 98.5 Å². The monoisotopic (exact) mass is 356 g/mol. The molecule has 1 amide bonds. The average Bonchev–Trinajstić information content (AvgIpc) is 2.42. The van der Waals surface area contributed by atoms with Crippen LogP contribution in [0.3, 0.4) is 0 Å². The highest BCUT2D eigenvalue weighted by Gasteiger charge is 2.23. The van der Waals surface area contributed by atoms with Crippen LogP contribution >= 0.6 is 15.9 Å². The quantitative estimate of drug-likeness (QED) is 0.349. The average molecular weight is 357 g/mol. The molecular weight excluding hydrogens is 344 g/mol. The lowest BCUT2D eigenvalue weighted by atomic mass is 10.1. The number of hydrogen-bond acceptors (Lipinski definition) is 5. The molecule has 1 N–H and O–H groups in total. The maximum absolute atomic E-state index is 11.6. The van der Waals surface area contributed by atoms with Gasteiger partial charge in [0.05, 0.1) is 10.5 Å². The van der Waals surface area contributed by atoms with Crippen LogP contribution in [0.5, 0.6) is 5.75 Å². The van der Waals surface area contributed by atoms with Crippen LogP contribution in [0.15, 0.2) is 29.3 Å². The number of nitrogens with one attached hydrogen (secondary N) is 1. The number of ether oxygens (including phenoxy) is 1. The molecule has 0 aliphatic heterocycles. The number of carbonyl (C=O) groups is 2. The summed E-state index contributed by atoms with van der Waals surface area (Å²) < 4.78 is 5.55. The molecule has 8 heteroatoms. The Kier molecular flexibility index (Phi) is 6.04. The Morgan fingerprint density at radius 2 is 2.19 bits per heavy atom. The van der Waals surface area contributed by atoms with E-state index >= 15 is 0 Å². The maximum atomic E-state index is 11.6. The number of nitro groups is 1. The minimum absolute atomic E-state index is 0.0348. The van der Waals surface area contributed by atoms with Gasteiger partial charge in [-0.2, -0.15) is 0 Å². The van der Waals surface area contributed by atoms with Gasteiger partial charge >= 0.3 is 5.69 Å². The molecule has 0 radical (unpaired) electrons. The molecule has 0 aliphatic carbocycles. The number of rotatable bonds is 7. The largest absolute Gasteiger partial charge is 0.476 e. The first-order valence-electron chi connectivity index (χ1n) is 5.86. The highest BCUT2D eigenvalue weighted by Crippen LogP contribution is 2.34. The zero-order chi connectivity index (χ0) is 16.0. The normalized spacial score (nSPS) is 9.81. The summed E-state index contributed by atoms with van der Waals surface area (Å²) in [5.74, 6) is -1.09. The molecular formula is C13H13BrN2O5. The number of halogens is 1. The molecule has 21 heavy (non-hydrogen) atoms. The van der Waals surface area contributed by atoms with Crippen molar-refractivity contribution in [1.29, 1.82) is 0 Å². The summed E-state index contributed by atoms with van der Waals surface area (Å²) in [6.45, 7) is 4.52. The summed E-state index contributed by atoms with van der Waals surface area (Å²) in [5.41, 5.74) is -0.348. The van der Waals surface area contributed by atoms with E-state index in [0.717, 1.165) is 0 Å². The number of benzene rings is 1. The molecule has 0 fully saturated rings. The lowest BCUT2D eigenvalue weighted by Crippen LogP contribution is -2.29. The van der Waals surface area contributed by atoms with Crippen molar-refractivity contribution in [3.63, 3.8) is 0 Å². The zero-order valence-corrected chi connectivity index (χ0v) is 12.8. The van der Waals surface area contributed by atoms with Gasteiger partial charge in [0, 0.05) is 17.1 Å². The summed E-state index contributed by atoms with van der Waals surface area (Å²) in [4.78, 5) is 33.4. The third-order valence-corrected chi connectivity index (χ3v) is 2.86. The van der Waals surface area contributed by atoms with Crippen LogP contribution < -0.4 is 10.1 Å². The first-order valence-corrected chi connectivity index (χ1v) is 6.65. The van der Waals surface area contributed by atoms with Gasteiger partial charge in [0.2, 0.25) is 5.75 Å². The van der Waals surface area contributed by atoms with Crippen LogP contribution in [-0.2, 0) is 4.79 Å². The van der Waals surface area contributed by atoms with Crippen LogP contribution in [-0.4, -0.2) is 29.8 Å². The molecule has 1 aromatic rings. The van der Waals surface area contributed by atoms with Gasteiger partial charge in [-0.15, -0.1) is 6.58 Å². The first kappa shape index (κ1) is 16.8. The molecule has 1 rings (SSSR count). The minimum atomic E-state index is -0.672. The standard InChI is InChI=1S/C13H13BrN2O5/c1-3-4-15-12(18)7-21-13-10(8(2)17)5-9(14)6-11(13)16(19)20/h3,5-6H,1,4,7H2,2H3,(H,15,18). The number of ketones is 1. The van der Waals surface area contributed by atoms with E-state index in [0.29, 0.717) is 4.47 Å². The van der Waals surface area contributed by atoms with Gasteiger partial charge in [-0.25, -0.2) is 0 Å². The maximum Gasteiger partial charge on any atom is 0.312 e. The molecule has 0 aromatic heterocycles. The van der Waals surface area contributed by atoms with Crippen molar-refractivity contribution in [2.24, 2.45) is 0 Å². The Labute approximate surface area is 129 Å². The number of amides is 1. The molecule has 0 heterocycles. The van der Waals surface area contributed by atoms with E-state index < -0.39 is 23.2 Å². The van der Waals surface area contributed by atoms with E-state index in [1.54, 1.807) is 0 Å². The van der Waals surface area contributed by atoms with E-state index in [2.05, 4.69) is 27.8 Å².